The molecule has 0 radical (unpaired) electrons. The molecule has 1 heterocycles. The molecule has 4 aromatic rings. The van der Waals surface area contributed by atoms with Crippen molar-refractivity contribution in [3.63, 3.8) is 0 Å². The molecule has 1 amide bonds. The summed E-state index contributed by atoms with van der Waals surface area (Å²) in [5, 5.41) is 3.07. The van der Waals surface area contributed by atoms with Gasteiger partial charge in [0.1, 0.15) is 18.0 Å². The second-order valence-electron chi connectivity index (χ2n) is 11.3. The van der Waals surface area contributed by atoms with E-state index in [0.717, 1.165) is 34.5 Å². The number of carbonyl (C=O) groups is 2. The number of nitrogens with zero attached hydrogens (tertiary/aromatic N) is 1. The first kappa shape index (κ1) is 28.0. The molecular weight excluding hydrogens is 512 g/mol. The van der Waals surface area contributed by atoms with Gasteiger partial charge in [-0.2, -0.15) is 0 Å². The normalized spacial score (nSPS) is 13.5. The highest BCUT2D eigenvalue weighted by Gasteiger charge is 2.22. The van der Waals surface area contributed by atoms with Crippen molar-refractivity contribution in [2.75, 3.05) is 18.1 Å². The molecule has 1 aliphatic rings. The molecule has 0 saturated carbocycles. The lowest BCUT2D eigenvalue weighted by Crippen LogP contribution is -2.32. The highest BCUT2D eigenvalue weighted by molar-refractivity contribution is 5.97. The van der Waals surface area contributed by atoms with Crippen molar-refractivity contribution in [1.29, 1.82) is 0 Å². The number of carbonyl (C=O) groups excluding carboxylic acids is 2. The van der Waals surface area contributed by atoms with Crippen LogP contribution in [-0.2, 0) is 11.3 Å². The predicted octanol–water partition coefficient (Wildman–Crippen LogP) is 7.20. The number of hydrogen-bond donors (Lipinski definition) is 1. The number of nitrogens with one attached hydrogen (secondary N) is 1. The minimum Gasteiger partial charge on any atom is -0.490 e. The molecule has 4 aromatic carbocycles. The van der Waals surface area contributed by atoms with Crippen molar-refractivity contribution in [2.45, 2.75) is 45.9 Å². The third kappa shape index (κ3) is 6.77. The fraction of sp³-hybridized carbons (Fsp3) is 0.257. The highest BCUT2D eigenvalue weighted by atomic mass is 16.6. The molecule has 1 N–H and O–H groups in total. The van der Waals surface area contributed by atoms with Crippen molar-refractivity contribution in [3.8, 4) is 16.9 Å². The van der Waals surface area contributed by atoms with E-state index in [4.69, 9.17) is 9.47 Å². The molecule has 0 spiro atoms. The van der Waals surface area contributed by atoms with E-state index in [1.54, 1.807) is 6.07 Å². The molecule has 1 aliphatic heterocycles. The van der Waals surface area contributed by atoms with Crippen LogP contribution in [0.3, 0.4) is 0 Å². The number of amides is 1. The fourth-order valence-electron chi connectivity index (χ4n) is 4.94. The highest BCUT2D eigenvalue weighted by Crippen LogP contribution is 2.34. The number of hydrogen-bond acceptors (Lipinski definition) is 5. The Morgan fingerprint density at radius 2 is 1.63 bits per heavy atom. The van der Waals surface area contributed by atoms with Gasteiger partial charge in [0.2, 0.25) is 0 Å². The summed E-state index contributed by atoms with van der Waals surface area (Å²) in [6.45, 7) is 9.56. The Balaban J connectivity index is 1.28. The van der Waals surface area contributed by atoms with Gasteiger partial charge in [-0.3, -0.25) is 4.79 Å². The first-order valence-corrected chi connectivity index (χ1v) is 14.0. The first-order chi connectivity index (χ1) is 19.7. The van der Waals surface area contributed by atoms with Crippen molar-refractivity contribution in [1.82, 2.24) is 5.32 Å². The third-order valence-corrected chi connectivity index (χ3v) is 7.01. The largest absolute Gasteiger partial charge is 0.490 e. The molecule has 0 bridgehead atoms. The Bertz CT molecular complexity index is 1520. The van der Waals surface area contributed by atoms with Crippen LogP contribution in [0.1, 0.15) is 65.6 Å². The second-order valence-corrected chi connectivity index (χ2v) is 11.3. The summed E-state index contributed by atoms with van der Waals surface area (Å²) in [7, 11) is 0. The minimum atomic E-state index is -0.562. The maximum atomic E-state index is 13.0. The van der Waals surface area contributed by atoms with Gasteiger partial charge in [0.25, 0.3) is 5.91 Å². The van der Waals surface area contributed by atoms with Crippen LogP contribution in [0, 0.1) is 0 Å². The smallest absolute Gasteiger partial charge is 0.339 e. The van der Waals surface area contributed by atoms with E-state index >= 15 is 0 Å². The van der Waals surface area contributed by atoms with E-state index in [1.807, 2.05) is 107 Å². The van der Waals surface area contributed by atoms with Crippen LogP contribution in [0.25, 0.3) is 11.1 Å². The van der Waals surface area contributed by atoms with Crippen molar-refractivity contribution in [2.24, 2.45) is 0 Å². The average Bonchev–Trinajstić information content (AvgIpc) is 2.97. The van der Waals surface area contributed by atoms with Crippen molar-refractivity contribution < 1.29 is 19.1 Å². The molecule has 0 saturated heterocycles. The quantitative estimate of drug-likeness (QED) is 0.247. The first-order valence-electron chi connectivity index (χ1n) is 14.0. The summed E-state index contributed by atoms with van der Waals surface area (Å²) in [4.78, 5) is 28.0. The Kier molecular flexibility index (Phi) is 8.11. The van der Waals surface area contributed by atoms with E-state index in [2.05, 4.69) is 22.3 Å². The van der Waals surface area contributed by atoms with Gasteiger partial charge in [-0.25, -0.2) is 4.79 Å². The van der Waals surface area contributed by atoms with Gasteiger partial charge in [-0.15, -0.1) is 0 Å². The monoisotopic (exact) mass is 548 g/mol. The molecule has 0 fully saturated rings. The van der Waals surface area contributed by atoms with Crippen LogP contribution >= 0.6 is 0 Å². The molecule has 210 valence electrons. The summed E-state index contributed by atoms with van der Waals surface area (Å²) in [5.41, 5.74) is 5.51. The fourth-order valence-corrected chi connectivity index (χ4v) is 4.94. The Morgan fingerprint density at radius 3 is 2.37 bits per heavy atom. The molecular formula is C35H36N2O4. The number of fused-ring (bicyclic) bond motifs is 1. The summed E-state index contributed by atoms with van der Waals surface area (Å²) in [6.07, 6.45) is 0. The number of esters is 1. The summed E-state index contributed by atoms with van der Waals surface area (Å²) in [5.74, 6) is 0.246. The number of rotatable bonds is 7. The molecule has 6 heteroatoms. The van der Waals surface area contributed by atoms with E-state index in [0.29, 0.717) is 30.0 Å². The van der Waals surface area contributed by atoms with Gasteiger partial charge >= 0.3 is 5.97 Å². The van der Waals surface area contributed by atoms with Gasteiger partial charge in [-0.1, -0.05) is 72.8 Å². The summed E-state index contributed by atoms with van der Waals surface area (Å²) in [6, 6.07) is 31.2. The lowest BCUT2D eigenvalue weighted by Gasteiger charge is -2.31. The van der Waals surface area contributed by atoms with Crippen LogP contribution in [-0.4, -0.2) is 30.6 Å². The van der Waals surface area contributed by atoms with Crippen LogP contribution in [0.2, 0.25) is 0 Å². The summed E-state index contributed by atoms with van der Waals surface area (Å²) < 4.78 is 11.6. The lowest BCUT2D eigenvalue weighted by atomic mass is 9.98. The zero-order chi connectivity index (χ0) is 29.0. The Morgan fingerprint density at radius 1 is 0.927 bits per heavy atom. The van der Waals surface area contributed by atoms with Crippen LogP contribution in [0.15, 0.2) is 97.1 Å². The zero-order valence-electron chi connectivity index (χ0n) is 24.0. The topological polar surface area (TPSA) is 67.9 Å². The molecule has 5 rings (SSSR count). The second kappa shape index (κ2) is 11.9. The average molecular weight is 549 g/mol. The van der Waals surface area contributed by atoms with Gasteiger partial charge in [0.05, 0.1) is 23.8 Å². The van der Waals surface area contributed by atoms with E-state index in [1.165, 1.54) is 0 Å². The minimum absolute atomic E-state index is 0.101. The maximum absolute atomic E-state index is 13.0. The molecule has 0 aliphatic carbocycles. The summed E-state index contributed by atoms with van der Waals surface area (Å²) >= 11 is 0. The number of anilines is 1. The zero-order valence-corrected chi connectivity index (χ0v) is 24.0. The SMILES string of the molecule is C[C@H](NC(=O)c1ccc2c(c1)OCCN2Cc1ccc(-c2ccccc2C(=O)OC(C)(C)C)cc1)c1ccccc1. The maximum Gasteiger partial charge on any atom is 0.339 e. The van der Waals surface area contributed by atoms with Gasteiger partial charge < -0.3 is 19.7 Å². The molecule has 0 unspecified atom stereocenters. The van der Waals surface area contributed by atoms with Crippen LogP contribution < -0.4 is 15.0 Å². The number of benzene rings is 4. The van der Waals surface area contributed by atoms with Gasteiger partial charge in [0, 0.05) is 12.1 Å². The van der Waals surface area contributed by atoms with Crippen LogP contribution in [0.5, 0.6) is 5.75 Å². The number of ether oxygens (including phenoxy) is 2. The predicted molar refractivity (Wildman–Crippen MR) is 162 cm³/mol. The Labute approximate surface area is 241 Å². The van der Waals surface area contributed by atoms with E-state index in [-0.39, 0.29) is 17.9 Å². The van der Waals surface area contributed by atoms with Crippen LogP contribution in [0.4, 0.5) is 5.69 Å². The third-order valence-electron chi connectivity index (χ3n) is 7.01. The lowest BCUT2D eigenvalue weighted by molar-refractivity contribution is 0.00703. The Hall–Kier alpha value is -4.58. The van der Waals surface area contributed by atoms with Crippen molar-refractivity contribution >= 4 is 17.6 Å². The molecule has 1 atom stereocenters. The standard InChI is InChI=1S/C35H36N2O4/c1-24(26-10-6-5-7-11-26)36-33(38)28-18-19-31-32(22-28)40-21-20-37(31)23-25-14-16-27(17-15-25)29-12-8-9-13-30(29)34(39)41-35(2,3)4/h5-19,22,24H,20-21,23H2,1-4H3,(H,36,38)/t24-/m0/s1. The van der Waals surface area contributed by atoms with Crippen molar-refractivity contribution in [3.05, 3.63) is 119 Å². The van der Waals surface area contributed by atoms with Gasteiger partial charge in [-0.05, 0) is 74.2 Å². The van der Waals surface area contributed by atoms with E-state index < -0.39 is 5.60 Å². The molecule has 0 aromatic heterocycles. The van der Waals surface area contributed by atoms with E-state index in [9.17, 15) is 9.59 Å². The van der Waals surface area contributed by atoms with Gasteiger partial charge in [0.15, 0.2) is 0 Å². The molecule has 6 nitrogen and oxygen atoms in total. The molecule has 41 heavy (non-hydrogen) atoms.